The van der Waals surface area contributed by atoms with Crippen LogP contribution >= 0.6 is 0 Å². The molecular weight excluding hydrogens is 348 g/mol. The average molecular weight is 377 g/mol. The summed E-state index contributed by atoms with van der Waals surface area (Å²) >= 11 is 0. The van der Waals surface area contributed by atoms with Crippen molar-refractivity contribution in [2.75, 3.05) is 44.7 Å². The van der Waals surface area contributed by atoms with E-state index in [1.54, 1.807) is 7.11 Å². The van der Waals surface area contributed by atoms with Crippen LogP contribution in [-0.4, -0.2) is 54.3 Å². The molecule has 4 rings (SSSR count). The Bertz CT molecular complexity index is 884. The Hall–Kier alpha value is -2.79. The summed E-state index contributed by atoms with van der Waals surface area (Å²) in [6, 6.07) is 19.3. The second kappa shape index (κ2) is 8.48. The second-order valence-corrected chi connectivity index (χ2v) is 7.35. The normalized spacial score (nSPS) is 16.1. The number of ether oxygens (including phenoxy) is 1. The fraction of sp³-hybridized carbons (Fsp3) is 0.348. The van der Waals surface area contributed by atoms with Crippen LogP contribution in [0.25, 0.3) is 0 Å². The predicted molar refractivity (Wildman–Crippen MR) is 113 cm³/mol. The molecule has 0 bridgehead atoms. The highest BCUT2D eigenvalue weighted by molar-refractivity contribution is 5.58. The van der Waals surface area contributed by atoms with Crippen molar-refractivity contribution in [3.05, 3.63) is 78.4 Å². The third-order valence-electron chi connectivity index (χ3n) is 5.50. The first-order chi connectivity index (χ1) is 13.7. The lowest BCUT2D eigenvalue weighted by Gasteiger charge is -2.38. The number of piperazine rings is 1. The summed E-state index contributed by atoms with van der Waals surface area (Å²) in [6.45, 7) is 7.12. The molecule has 1 atom stereocenters. The van der Waals surface area contributed by atoms with Crippen LogP contribution < -0.4 is 9.64 Å². The smallest absolute Gasteiger partial charge is 0.142 e. The van der Waals surface area contributed by atoms with Gasteiger partial charge in [-0.2, -0.15) is 0 Å². The Balaban J connectivity index is 1.46. The van der Waals surface area contributed by atoms with E-state index in [9.17, 15) is 0 Å². The lowest BCUT2D eigenvalue weighted by molar-refractivity contribution is 0.231. The number of rotatable bonds is 6. The molecule has 0 aliphatic carbocycles. The maximum absolute atomic E-state index is 5.54. The number of para-hydroxylation sites is 2. The third kappa shape index (κ3) is 4.04. The van der Waals surface area contributed by atoms with Gasteiger partial charge in [0.15, 0.2) is 0 Å². The molecule has 1 aromatic heterocycles. The molecule has 5 heteroatoms. The number of nitrogens with zero attached hydrogens (tertiary/aromatic N) is 4. The molecule has 2 heterocycles. The predicted octanol–water partition coefficient (Wildman–Crippen LogP) is 3.61. The topological polar surface area (TPSA) is 33.5 Å². The molecule has 0 radical (unpaired) electrons. The maximum atomic E-state index is 5.54. The number of aryl methyl sites for hydroxylation is 1. The van der Waals surface area contributed by atoms with Crippen molar-refractivity contribution in [3.8, 4) is 5.75 Å². The summed E-state index contributed by atoms with van der Waals surface area (Å²) in [7, 11) is 1.74. The monoisotopic (exact) mass is 376 g/mol. The minimum atomic E-state index is 0.278. The van der Waals surface area contributed by atoms with Crippen LogP contribution in [0.15, 0.2) is 67.1 Å². The number of benzene rings is 2. The van der Waals surface area contributed by atoms with E-state index in [1.807, 2.05) is 25.4 Å². The van der Waals surface area contributed by atoms with Crippen LogP contribution in [0.3, 0.4) is 0 Å². The summed E-state index contributed by atoms with van der Waals surface area (Å²) < 4.78 is 7.79. The Morgan fingerprint density at radius 2 is 1.68 bits per heavy atom. The molecule has 1 saturated heterocycles. The summed E-state index contributed by atoms with van der Waals surface area (Å²) in [5, 5.41) is 0. The molecule has 1 fully saturated rings. The van der Waals surface area contributed by atoms with Crippen LogP contribution in [0.4, 0.5) is 5.69 Å². The lowest BCUT2D eigenvalue weighted by Crippen LogP contribution is -2.48. The van der Waals surface area contributed by atoms with Gasteiger partial charge in [0.2, 0.25) is 0 Å². The Morgan fingerprint density at radius 1 is 0.964 bits per heavy atom. The molecule has 1 aliphatic heterocycles. The molecule has 2 aromatic carbocycles. The van der Waals surface area contributed by atoms with E-state index in [0.717, 1.165) is 44.2 Å². The zero-order valence-corrected chi connectivity index (χ0v) is 16.7. The van der Waals surface area contributed by atoms with Gasteiger partial charge in [-0.25, -0.2) is 4.98 Å². The van der Waals surface area contributed by atoms with E-state index in [4.69, 9.17) is 4.74 Å². The number of aromatic nitrogens is 2. The highest BCUT2D eigenvalue weighted by atomic mass is 16.5. The van der Waals surface area contributed by atoms with Crippen molar-refractivity contribution >= 4 is 5.69 Å². The van der Waals surface area contributed by atoms with E-state index < -0.39 is 0 Å². The van der Waals surface area contributed by atoms with Gasteiger partial charge in [-0.1, -0.05) is 42.5 Å². The number of imidazole rings is 1. The largest absolute Gasteiger partial charge is 0.495 e. The summed E-state index contributed by atoms with van der Waals surface area (Å²) in [4.78, 5) is 9.43. The van der Waals surface area contributed by atoms with Gasteiger partial charge in [0, 0.05) is 38.9 Å². The summed E-state index contributed by atoms with van der Waals surface area (Å²) in [5.41, 5.74) is 3.57. The van der Waals surface area contributed by atoms with Gasteiger partial charge in [0.25, 0.3) is 0 Å². The first kappa shape index (κ1) is 18.6. The summed E-state index contributed by atoms with van der Waals surface area (Å²) in [6.07, 6.45) is 4.10. The second-order valence-electron chi connectivity index (χ2n) is 7.35. The fourth-order valence-electron chi connectivity index (χ4n) is 3.96. The van der Waals surface area contributed by atoms with Crippen LogP contribution in [0.1, 0.15) is 17.3 Å². The standard InChI is InChI=1S/C23H28N4O/c1-19-16-27(18-24-19)22(20-8-4-3-5-9-20)17-25-12-14-26(15-13-25)21-10-6-7-11-23(21)28-2/h3-11,16,18,22H,12-15,17H2,1-2H3. The van der Waals surface area contributed by atoms with Gasteiger partial charge in [0.1, 0.15) is 5.75 Å². The van der Waals surface area contributed by atoms with Crippen molar-refractivity contribution in [3.63, 3.8) is 0 Å². The van der Waals surface area contributed by atoms with E-state index in [0.29, 0.717) is 0 Å². The number of methoxy groups -OCH3 is 1. The highest BCUT2D eigenvalue weighted by Crippen LogP contribution is 2.29. The minimum absolute atomic E-state index is 0.278. The minimum Gasteiger partial charge on any atom is -0.495 e. The molecule has 0 amide bonds. The zero-order chi connectivity index (χ0) is 19.3. The van der Waals surface area contributed by atoms with Gasteiger partial charge in [-0.15, -0.1) is 0 Å². The number of anilines is 1. The molecule has 5 nitrogen and oxygen atoms in total. The van der Waals surface area contributed by atoms with E-state index in [-0.39, 0.29) is 6.04 Å². The lowest BCUT2D eigenvalue weighted by atomic mass is 10.1. The average Bonchev–Trinajstić information content (AvgIpc) is 3.19. The van der Waals surface area contributed by atoms with Gasteiger partial charge in [-0.05, 0) is 24.6 Å². The molecule has 1 aliphatic rings. The van der Waals surface area contributed by atoms with Crippen molar-refractivity contribution in [1.29, 1.82) is 0 Å². The van der Waals surface area contributed by atoms with Crippen molar-refractivity contribution < 1.29 is 4.74 Å². The maximum Gasteiger partial charge on any atom is 0.142 e. The van der Waals surface area contributed by atoms with E-state index >= 15 is 0 Å². The fourth-order valence-corrected chi connectivity index (χ4v) is 3.96. The van der Waals surface area contributed by atoms with Crippen LogP contribution in [-0.2, 0) is 0 Å². The zero-order valence-electron chi connectivity index (χ0n) is 16.7. The first-order valence-corrected chi connectivity index (χ1v) is 9.90. The molecule has 0 N–H and O–H groups in total. The summed E-state index contributed by atoms with van der Waals surface area (Å²) in [5.74, 6) is 0.951. The number of hydrogen-bond acceptors (Lipinski definition) is 4. The van der Waals surface area contributed by atoms with Crippen molar-refractivity contribution in [1.82, 2.24) is 14.5 Å². The van der Waals surface area contributed by atoms with Gasteiger partial charge in [0.05, 0.1) is 30.9 Å². The Morgan fingerprint density at radius 3 is 2.36 bits per heavy atom. The quantitative estimate of drug-likeness (QED) is 0.658. The SMILES string of the molecule is COc1ccccc1N1CCN(CC(c2ccccc2)n2cnc(C)c2)CC1. The molecule has 1 unspecified atom stereocenters. The van der Waals surface area contributed by atoms with E-state index in [2.05, 4.69) is 68.0 Å². The van der Waals surface area contributed by atoms with Crippen LogP contribution in [0, 0.1) is 6.92 Å². The van der Waals surface area contributed by atoms with Crippen molar-refractivity contribution in [2.24, 2.45) is 0 Å². The molecular formula is C23H28N4O. The number of hydrogen-bond donors (Lipinski definition) is 0. The van der Waals surface area contributed by atoms with Gasteiger partial charge >= 0.3 is 0 Å². The van der Waals surface area contributed by atoms with E-state index in [1.165, 1.54) is 11.3 Å². The molecule has 3 aromatic rings. The molecule has 28 heavy (non-hydrogen) atoms. The first-order valence-electron chi connectivity index (χ1n) is 9.90. The third-order valence-corrected chi connectivity index (χ3v) is 5.50. The Kier molecular flexibility index (Phi) is 5.63. The molecule has 0 spiro atoms. The van der Waals surface area contributed by atoms with Crippen LogP contribution in [0.5, 0.6) is 5.75 Å². The van der Waals surface area contributed by atoms with Crippen molar-refractivity contribution in [2.45, 2.75) is 13.0 Å². The highest BCUT2D eigenvalue weighted by Gasteiger charge is 2.23. The Labute approximate surface area is 167 Å². The molecule has 146 valence electrons. The molecule has 0 saturated carbocycles. The van der Waals surface area contributed by atoms with Gasteiger partial charge in [-0.3, -0.25) is 4.90 Å². The van der Waals surface area contributed by atoms with Gasteiger partial charge < -0.3 is 14.2 Å². The van der Waals surface area contributed by atoms with Crippen LogP contribution in [0.2, 0.25) is 0 Å².